The number of anilines is 1. The lowest BCUT2D eigenvalue weighted by atomic mass is 9.84. The smallest absolute Gasteiger partial charge is 0.0351 e. The van der Waals surface area contributed by atoms with Gasteiger partial charge in [-0.1, -0.05) is 40.6 Å². The zero-order chi connectivity index (χ0) is 12.3. The summed E-state index contributed by atoms with van der Waals surface area (Å²) in [6, 6.07) is 8.39. The van der Waals surface area contributed by atoms with Crippen LogP contribution in [0.15, 0.2) is 40.4 Å². The minimum atomic E-state index is 0.734. The van der Waals surface area contributed by atoms with Crippen LogP contribution < -0.4 is 5.32 Å². The molecule has 2 rings (SSSR count). The molecule has 2 unspecified atom stereocenters. The van der Waals surface area contributed by atoms with Crippen molar-refractivity contribution in [2.75, 3.05) is 11.9 Å². The van der Waals surface area contributed by atoms with Crippen LogP contribution in [0.4, 0.5) is 5.69 Å². The predicted octanol–water partition coefficient (Wildman–Crippen LogP) is 4.85. The molecule has 0 fully saturated rings. The van der Waals surface area contributed by atoms with E-state index in [0.717, 1.165) is 22.9 Å². The Hall–Kier alpha value is -0.760. The summed E-state index contributed by atoms with van der Waals surface area (Å²) in [6.45, 7) is 5.64. The van der Waals surface area contributed by atoms with Gasteiger partial charge in [0, 0.05) is 16.7 Å². The van der Waals surface area contributed by atoms with E-state index in [2.05, 4.69) is 65.4 Å². The molecule has 2 heteroatoms. The highest BCUT2D eigenvalue weighted by Gasteiger charge is 2.17. The second kappa shape index (κ2) is 5.72. The highest BCUT2D eigenvalue weighted by atomic mass is 79.9. The Bertz CT molecular complexity index is 411. The van der Waals surface area contributed by atoms with Crippen molar-refractivity contribution in [3.8, 4) is 0 Å². The van der Waals surface area contributed by atoms with Crippen LogP contribution in [0, 0.1) is 11.8 Å². The van der Waals surface area contributed by atoms with Gasteiger partial charge in [-0.3, -0.25) is 0 Å². The number of rotatable bonds is 3. The fourth-order valence-electron chi connectivity index (χ4n) is 2.70. The molecule has 1 aromatic rings. The third-order valence-electron chi connectivity index (χ3n) is 3.30. The molecule has 2 atom stereocenters. The molecule has 1 nitrogen and oxygen atoms in total. The first-order valence-electron chi connectivity index (χ1n) is 6.30. The standard InChI is InChI=1S/C15H20BrN/c1-11-6-12(2)8-13(7-11)10-17-15-5-3-4-14(16)9-15/h3-6,9,11,13,17H,7-8,10H2,1-2H3. The third kappa shape index (κ3) is 3.88. The summed E-state index contributed by atoms with van der Waals surface area (Å²) in [6.07, 6.45) is 4.96. The molecule has 17 heavy (non-hydrogen) atoms. The minimum Gasteiger partial charge on any atom is -0.385 e. The van der Waals surface area contributed by atoms with E-state index in [0.29, 0.717) is 0 Å². The molecule has 0 saturated carbocycles. The van der Waals surface area contributed by atoms with Crippen molar-refractivity contribution >= 4 is 21.6 Å². The number of hydrogen-bond acceptors (Lipinski definition) is 1. The fourth-order valence-corrected chi connectivity index (χ4v) is 3.10. The van der Waals surface area contributed by atoms with Gasteiger partial charge >= 0.3 is 0 Å². The molecular weight excluding hydrogens is 274 g/mol. The van der Waals surface area contributed by atoms with Crippen molar-refractivity contribution in [3.05, 3.63) is 40.4 Å². The first-order chi connectivity index (χ1) is 8.13. The van der Waals surface area contributed by atoms with Gasteiger partial charge in [0.1, 0.15) is 0 Å². The summed E-state index contributed by atoms with van der Waals surface area (Å²) < 4.78 is 1.13. The second-order valence-electron chi connectivity index (χ2n) is 5.19. The Balaban J connectivity index is 1.89. The fraction of sp³-hybridized carbons (Fsp3) is 0.467. The first-order valence-corrected chi connectivity index (χ1v) is 7.09. The number of hydrogen-bond donors (Lipinski definition) is 1. The molecule has 1 N–H and O–H groups in total. The molecule has 0 aliphatic heterocycles. The van der Waals surface area contributed by atoms with Crippen LogP contribution in [0.1, 0.15) is 26.7 Å². The maximum absolute atomic E-state index is 3.54. The summed E-state index contributed by atoms with van der Waals surface area (Å²) in [7, 11) is 0. The van der Waals surface area contributed by atoms with Crippen LogP contribution in [0.2, 0.25) is 0 Å². The molecule has 0 aromatic heterocycles. The number of halogens is 1. The summed E-state index contributed by atoms with van der Waals surface area (Å²) >= 11 is 3.50. The molecule has 0 spiro atoms. The highest BCUT2D eigenvalue weighted by molar-refractivity contribution is 9.10. The van der Waals surface area contributed by atoms with E-state index in [4.69, 9.17) is 0 Å². The van der Waals surface area contributed by atoms with Crippen LogP contribution in [-0.2, 0) is 0 Å². The van der Waals surface area contributed by atoms with E-state index >= 15 is 0 Å². The van der Waals surface area contributed by atoms with Crippen LogP contribution in [0.25, 0.3) is 0 Å². The summed E-state index contributed by atoms with van der Waals surface area (Å²) in [4.78, 5) is 0. The molecule has 0 bridgehead atoms. The van der Waals surface area contributed by atoms with Gasteiger partial charge in [-0.2, -0.15) is 0 Å². The Labute approximate surface area is 112 Å². The summed E-state index contributed by atoms with van der Waals surface area (Å²) in [5.41, 5.74) is 2.75. The predicted molar refractivity (Wildman–Crippen MR) is 78.3 cm³/mol. The SMILES string of the molecule is CC1=CC(C)CC(CNc2cccc(Br)c2)C1. The lowest BCUT2D eigenvalue weighted by Gasteiger charge is -2.26. The average molecular weight is 294 g/mol. The Morgan fingerprint density at radius 1 is 1.41 bits per heavy atom. The molecule has 1 aliphatic rings. The van der Waals surface area contributed by atoms with E-state index in [9.17, 15) is 0 Å². The lowest BCUT2D eigenvalue weighted by molar-refractivity contribution is 0.421. The van der Waals surface area contributed by atoms with Crippen molar-refractivity contribution in [1.82, 2.24) is 0 Å². The zero-order valence-corrected chi connectivity index (χ0v) is 12.1. The van der Waals surface area contributed by atoms with Crippen molar-refractivity contribution in [2.45, 2.75) is 26.7 Å². The monoisotopic (exact) mass is 293 g/mol. The first kappa shape index (κ1) is 12.7. The Kier molecular flexibility index (Phi) is 4.27. The summed E-state index contributed by atoms with van der Waals surface area (Å²) in [5, 5.41) is 3.54. The van der Waals surface area contributed by atoms with Gasteiger partial charge in [-0.25, -0.2) is 0 Å². The maximum Gasteiger partial charge on any atom is 0.0351 e. The van der Waals surface area contributed by atoms with Gasteiger partial charge in [0.2, 0.25) is 0 Å². The van der Waals surface area contributed by atoms with Crippen LogP contribution >= 0.6 is 15.9 Å². The number of nitrogens with one attached hydrogen (secondary N) is 1. The van der Waals surface area contributed by atoms with Crippen molar-refractivity contribution in [2.24, 2.45) is 11.8 Å². The van der Waals surface area contributed by atoms with E-state index in [1.54, 1.807) is 5.57 Å². The van der Waals surface area contributed by atoms with Gasteiger partial charge in [-0.15, -0.1) is 0 Å². The minimum absolute atomic E-state index is 0.734. The molecule has 92 valence electrons. The second-order valence-corrected chi connectivity index (χ2v) is 6.10. The molecule has 1 aromatic carbocycles. The largest absolute Gasteiger partial charge is 0.385 e. The molecular formula is C15H20BrN. The zero-order valence-electron chi connectivity index (χ0n) is 10.5. The van der Waals surface area contributed by atoms with Gasteiger partial charge in [0.05, 0.1) is 0 Å². The van der Waals surface area contributed by atoms with Gasteiger partial charge in [0.15, 0.2) is 0 Å². The van der Waals surface area contributed by atoms with Crippen molar-refractivity contribution < 1.29 is 0 Å². The molecule has 0 radical (unpaired) electrons. The topological polar surface area (TPSA) is 12.0 Å². The Morgan fingerprint density at radius 3 is 2.94 bits per heavy atom. The number of benzene rings is 1. The lowest BCUT2D eigenvalue weighted by Crippen LogP contribution is -2.20. The normalized spacial score (nSPS) is 24.3. The van der Waals surface area contributed by atoms with Crippen LogP contribution in [0.3, 0.4) is 0 Å². The van der Waals surface area contributed by atoms with Crippen molar-refractivity contribution in [1.29, 1.82) is 0 Å². The molecule has 0 saturated heterocycles. The average Bonchev–Trinajstić information content (AvgIpc) is 2.25. The van der Waals surface area contributed by atoms with Crippen LogP contribution in [0.5, 0.6) is 0 Å². The van der Waals surface area contributed by atoms with E-state index in [1.165, 1.54) is 18.5 Å². The number of allylic oxidation sites excluding steroid dienone is 2. The quantitative estimate of drug-likeness (QED) is 0.785. The van der Waals surface area contributed by atoms with E-state index in [-0.39, 0.29) is 0 Å². The van der Waals surface area contributed by atoms with E-state index < -0.39 is 0 Å². The van der Waals surface area contributed by atoms with Crippen LogP contribution in [-0.4, -0.2) is 6.54 Å². The highest BCUT2D eigenvalue weighted by Crippen LogP contribution is 2.28. The van der Waals surface area contributed by atoms with Gasteiger partial charge in [0.25, 0.3) is 0 Å². The Morgan fingerprint density at radius 2 is 2.24 bits per heavy atom. The summed E-state index contributed by atoms with van der Waals surface area (Å²) in [5.74, 6) is 1.51. The molecule has 0 heterocycles. The van der Waals surface area contributed by atoms with Gasteiger partial charge in [-0.05, 0) is 49.8 Å². The molecule has 1 aliphatic carbocycles. The van der Waals surface area contributed by atoms with Crippen molar-refractivity contribution in [3.63, 3.8) is 0 Å². The third-order valence-corrected chi connectivity index (χ3v) is 3.80. The molecule has 0 amide bonds. The van der Waals surface area contributed by atoms with Gasteiger partial charge < -0.3 is 5.32 Å². The van der Waals surface area contributed by atoms with E-state index in [1.807, 2.05) is 0 Å². The maximum atomic E-state index is 3.54.